The van der Waals surface area contributed by atoms with Crippen LogP contribution in [0.2, 0.25) is 0 Å². The van der Waals surface area contributed by atoms with Crippen molar-refractivity contribution in [3.8, 4) is 0 Å². The van der Waals surface area contributed by atoms with E-state index in [-0.39, 0.29) is 140 Å². The van der Waals surface area contributed by atoms with Crippen LogP contribution in [0.5, 0.6) is 0 Å². The van der Waals surface area contributed by atoms with Gasteiger partial charge in [-0.25, -0.2) is 0 Å². The molecule has 0 aromatic rings. The van der Waals surface area contributed by atoms with Crippen LogP contribution in [0.3, 0.4) is 0 Å². The van der Waals surface area contributed by atoms with Crippen molar-refractivity contribution in [1.29, 1.82) is 0 Å². The molecule has 48 nitrogen and oxygen atoms in total. The molecule has 0 saturated heterocycles. The van der Waals surface area contributed by atoms with E-state index in [0.29, 0.717) is 0 Å². The standard InChI is InChI=1S/2La.3Mg.12NO3/c;;;;;12*2-1(3)4/q2*+3;3*+2;12*-1. The Morgan fingerprint density at radius 3 is 0.151 bits per heavy atom. The first-order valence-electron chi connectivity index (χ1n) is 6.57. The second-order valence-corrected chi connectivity index (χ2v) is 2.68. The monoisotopic (exact) mass is 1090 g/mol. The minimum atomic E-state index is -1.75. The van der Waals surface area contributed by atoms with Crippen LogP contribution in [-0.2, 0) is 0 Å². The topological polar surface area (TPSA) is 794 Å². The zero-order valence-corrected chi connectivity index (χ0v) is 34.8. The largest absolute Gasteiger partial charge is 3.00 e. The van der Waals surface area contributed by atoms with Gasteiger partial charge in [-0.1, -0.05) is 0 Å². The van der Waals surface area contributed by atoms with Crippen LogP contribution in [0.4, 0.5) is 0 Å². The Bertz CT molecular complexity index is 602. The average Bonchev–Trinajstić information content (AvgIpc) is 2.61. The molecule has 0 unspecified atom stereocenters. The van der Waals surface area contributed by atoms with Gasteiger partial charge in [-0.05, 0) is 0 Å². The van der Waals surface area contributed by atoms with Gasteiger partial charge in [0.15, 0.2) is 0 Å². The molecule has 0 heterocycles. The SMILES string of the molecule is O=[N+]([O-])[O-].O=[N+]([O-])[O-].O=[N+]([O-])[O-].O=[N+]([O-])[O-].O=[N+]([O-])[O-].O=[N+]([O-])[O-].O=[N+]([O-])[O-].O=[N+]([O-])[O-].O=[N+]([O-])[O-].O=[N+]([O-])[O-].O=[N+]([O-])[O-].O=[N+]([O-])[O-].[La+3].[La+3].[Mg+2].[Mg+2].[Mg+2]. The Labute approximate surface area is 381 Å². The van der Waals surface area contributed by atoms with Crippen molar-refractivity contribution in [3.05, 3.63) is 184 Å². The van der Waals surface area contributed by atoms with Crippen molar-refractivity contribution in [1.82, 2.24) is 0 Å². The smallest absolute Gasteiger partial charge is 0.356 e. The molecule has 0 N–H and O–H groups in total. The fourth-order valence-electron chi connectivity index (χ4n) is 0. The maximum Gasteiger partial charge on any atom is 3.00 e. The fourth-order valence-corrected chi connectivity index (χ4v) is 0. The molecular weight excluding hydrogens is 1090 g/mol. The molecule has 0 bridgehead atoms. The van der Waals surface area contributed by atoms with Gasteiger partial charge in [0, 0.05) is 0 Å². The maximum absolute atomic E-state index is 8.25. The van der Waals surface area contributed by atoms with Gasteiger partial charge in [0.25, 0.3) is 0 Å². The van der Waals surface area contributed by atoms with Gasteiger partial charge in [0.1, 0.15) is 0 Å². The molecule has 0 aromatic heterocycles. The first-order chi connectivity index (χ1) is 20.8. The van der Waals surface area contributed by atoms with E-state index in [9.17, 15) is 0 Å². The Hall–Kier alpha value is -4.91. The van der Waals surface area contributed by atoms with Crippen LogP contribution < -0.4 is 0 Å². The minimum Gasteiger partial charge on any atom is -0.356 e. The number of hydrogen-bond donors (Lipinski definition) is 0. The minimum absolute atomic E-state index is 0. The van der Waals surface area contributed by atoms with E-state index in [1.165, 1.54) is 0 Å². The molecule has 0 rings (SSSR count). The van der Waals surface area contributed by atoms with Crippen molar-refractivity contribution in [2.45, 2.75) is 0 Å². The van der Waals surface area contributed by atoms with Crippen LogP contribution in [0.15, 0.2) is 0 Å². The molecule has 0 aliphatic rings. The molecule has 0 amide bonds. The molecule has 53 heteroatoms. The van der Waals surface area contributed by atoms with Crippen molar-refractivity contribution in [2.75, 3.05) is 0 Å². The normalized spacial score (nSPS) is 5.43. The zero-order chi connectivity index (χ0) is 42.9. The van der Waals surface area contributed by atoms with E-state index < -0.39 is 61.0 Å². The van der Waals surface area contributed by atoms with Crippen molar-refractivity contribution < 1.29 is 132 Å². The number of nitrogens with zero attached hydrogens (tertiary/aromatic N) is 12. The average molecular weight is 1090 g/mol. The Morgan fingerprint density at radius 2 is 0.151 bits per heavy atom. The summed E-state index contributed by atoms with van der Waals surface area (Å²) in [4.78, 5) is 99.0. The van der Waals surface area contributed by atoms with E-state index in [2.05, 4.69) is 0 Å². The third-order valence-corrected chi connectivity index (χ3v) is 0. The van der Waals surface area contributed by atoms with Crippen molar-refractivity contribution in [2.24, 2.45) is 0 Å². The second kappa shape index (κ2) is 103. The molecule has 0 aliphatic heterocycles. The quantitative estimate of drug-likeness (QED) is 0.127. The predicted molar refractivity (Wildman–Crippen MR) is 142 cm³/mol. The maximum atomic E-state index is 8.25. The predicted octanol–water partition coefficient (Wildman–Crippen LogP) is -4.01. The summed E-state index contributed by atoms with van der Waals surface area (Å²) >= 11 is 0. The summed E-state index contributed by atoms with van der Waals surface area (Å²) in [5, 5.41) is 177. The molecule has 53 heavy (non-hydrogen) atoms. The van der Waals surface area contributed by atoms with Gasteiger partial charge in [0.05, 0.1) is 61.0 Å². The molecule has 0 aliphatic carbocycles. The molecular formula is La2Mg3N12O36. The van der Waals surface area contributed by atoms with Gasteiger partial charge in [-0.3, -0.25) is 0 Å². The summed E-state index contributed by atoms with van der Waals surface area (Å²) < 4.78 is 0. The van der Waals surface area contributed by atoms with E-state index in [1.54, 1.807) is 0 Å². The molecule has 0 saturated carbocycles. The van der Waals surface area contributed by atoms with Crippen LogP contribution in [0.25, 0.3) is 0 Å². The third kappa shape index (κ3) is 3970. The first-order valence-corrected chi connectivity index (χ1v) is 6.57. The molecule has 0 fully saturated rings. The van der Waals surface area contributed by atoms with Gasteiger partial charge in [-0.2, -0.15) is 0 Å². The number of hydrogen-bond acceptors (Lipinski definition) is 36. The summed E-state index contributed by atoms with van der Waals surface area (Å²) in [5.74, 6) is 0. The van der Waals surface area contributed by atoms with Gasteiger partial charge in [-0.15, -0.1) is 0 Å². The Morgan fingerprint density at radius 1 is 0.151 bits per heavy atom. The Balaban J connectivity index is -0.0000000176. The summed E-state index contributed by atoms with van der Waals surface area (Å²) in [6.45, 7) is 0. The van der Waals surface area contributed by atoms with Gasteiger partial charge < -0.3 is 184 Å². The fraction of sp³-hybridized carbons (Fsp3) is 0. The van der Waals surface area contributed by atoms with Crippen LogP contribution >= 0.6 is 0 Å². The van der Waals surface area contributed by atoms with Gasteiger partial charge in [0.2, 0.25) is 0 Å². The second-order valence-electron chi connectivity index (χ2n) is 2.68. The van der Waals surface area contributed by atoms with Gasteiger partial charge >= 0.3 is 140 Å². The van der Waals surface area contributed by atoms with Crippen molar-refractivity contribution in [3.63, 3.8) is 0 Å². The summed E-state index contributed by atoms with van der Waals surface area (Å²) in [6, 6.07) is 0. The Kier molecular flexibility index (Phi) is 215. The zero-order valence-electron chi connectivity index (χ0n) is 23.3. The molecule has 0 radical (unpaired) electrons. The first kappa shape index (κ1) is 110. The molecule has 0 atom stereocenters. The van der Waals surface area contributed by atoms with E-state index in [4.69, 9.17) is 184 Å². The summed E-state index contributed by atoms with van der Waals surface area (Å²) in [6.07, 6.45) is 0. The van der Waals surface area contributed by atoms with E-state index in [1.807, 2.05) is 0 Å². The van der Waals surface area contributed by atoms with Crippen LogP contribution in [0.1, 0.15) is 0 Å². The molecule has 288 valence electrons. The molecule has 0 spiro atoms. The summed E-state index contributed by atoms with van der Waals surface area (Å²) in [5.41, 5.74) is 0. The van der Waals surface area contributed by atoms with E-state index in [0.717, 1.165) is 0 Å². The molecule has 0 aromatic carbocycles. The third-order valence-electron chi connectivity index (χ3n) is 0. The van der Waals surface area contributed by atoms with E-state index >= 15 is 0 Å². The number of rotatable bonds is 0. The van der Waals surface area contributed by atoms with Crippen molar-refractivity contribution >= 4 is 69.2 Å². The van der Waals surface area contributed by atoms with Crippen LogP contribution in [-0.4, -0.2) is 130 Å². The van der Waals surface area contributed by atoms with Crippen LogP contribution in [0, 0.1) is 255 Å². The summed E-state index contributed by atoms with van der Waals surface area (Å²) in [7, 11) is 0.